The van der Waals surface area contributed by atoms with Crippen molar-refractivity contribution in [3.63, 3.8) is 0 Å². The fourth-order valence-electron chi connectivity index (χ4n) is 10.7. The first-order valence-electron chi connectivity index (χ1n) is 22.3. The van der Waals surface area contributed by atoms with E-state index in [1.54, 1.807) is 0 Å². The van der Waals surface area contributed by atoms with Gasteiger partial charge in [-0.2, -0.15) is 0 Å². The molecule has 1 aromatic heterocycles. The third-order valence-electron chi connectivity index (χ3n) is 13.7. The van der Waals surface area contributed by atoms with Crippen LogP contribution in [0.3, 0.4) is 0 Å². The Hall–Kier alpha value is -7.52. The zero-order chi connectivity index (χ0) is 42.7. The van der Waals surface area contributed by atoms with Gasteiger partial charge in [0.05, 0.1) is 11.0 Å². The predicted molar refractivity (Wildman–Crippen MR) is 273 cm³/mol. The zero-order valence-corrected chi connectivity index (χ0v) is 36.5. The summed E-state index contributed by atoms with van der Waals surface area (Å²) in [6.45, 7) is 2.36. The van der Waals surface area contributed by atoms with Gasteiger partial charge in [-0.05, 0) is 98.8 Å². The number of rotatable bonds is 8. The van der Waals surface area contributed by atoms with E-state index in [-0.39, 0.29) is 5.54 Å². The van der Waals surface area contributed by atoms with Gasteiger partial charge in [0.2, 0.25) is 0 Å². The number of nitrogens with zero attached hydrogens (tertiary/aromatic N) is 1. The molecule has 304 valence electrons. The van der Waals surface area contributed by atoms with Gasteiger partial charge in [-0.15, -0.1) is 11.3 Å². The Morgan fingerprint density at radius 1 is 0.422 bits per heavy atom. The van der Waals surface area contributed by atoms with Gasteiger partial charge >= 0.3 is 0 Å². The van der Waals surface area contributed by atoms with Gasteiger partial charge < -0.3 is 4.90 Å². The first kappa shape index (κ1) is 38.2. The van der Waals surface area contributed by atoms with Crippen molar-refractivity contribution in [1.29, 1.82) is 0 Å². The Bertz CT molecular complexity index is 3340. The molecule has 0 bridgehead atoms. The molecule has 2 heteroatoms. The lowest BCUT2D eigenvalue weighted by molar-refractivity contribution is 0.571. The maximum absolute atomic E-state index is 2.52. The molecule has 0 N–H and O–H groups in total. The van der Waals surface area contributed by atoms with Crippen molar-refractivity contribution >= 4 is 48.5 Å². The van der Waals surface area contributed by atoms with Crippen LogP contribution >= 0.6 is 11.3 Å². The minimum atomic E-state index is -0.422. The lowest BCUT2D eigenvalue weighted by Crippen LogP contribution is -2.42. The molecule has 0 spiro atoms. The Balaban J connectivity index is 0.972. The molecule has 0 aliphatic heterocycles. The number of hydrogen-bond donors (Lipinski definition) is 0. The van der Waals surface area contributed by atoms with Gasteiger partial charge in [-0.25, -0.2) is 0 Å². The fourth-order valence-corrected chi connectivity index (χ4v) is 12.1. The maximum atomic E-state index is 2.52. The topological polar surface area (TPSA) is 3.24 Å². The van der Waals surface area contributed by atoms with Crippen molar-refractivity contribution in [3.05, 3.63) is 271 Å². The molecule has 0 saturated carbocycles. The van der Waals surface area contributed by atoms with Gasteiger partial charge in [0.15, 0.2) is 0 Å². The van der Waals surface area contributed by atoms with Crippen LogP contribution in [0.1, 0.15) is 41.2 Å². The summed E-state index contributed by atoms with van der Waals surface area (Å²) in [4.78, 5) is 2.52. The summed E-state index contributed by atoms with van der Waals surface area (Å²) in [5.41, 5.74) is 17.0. The molecule has 64 heavy (non-hydrogen) atoms. The molecule has 9 aromatic carbocycles. The molecular formula is C62H45NS. The second-order valence-corrected chi connectivity index (χ2v) is 18.4. The zero-order valence-electron chi connectivity index (χ0n) is 35.7. The Morgan fingerprint density at radius 2 is 0.953 bits per heavy atom. The van der Waals surface area contributed by atoms with Crippen LogP contribution in [0.5, 0.6) is 0 Å². The first-order valence-corrected chi connectivity index (χ1v) is 23.1. The lowest BCUT2D eigenvalue weighted by atomic mass is 9.68. The van der Waals surface area contributed by atoms with Crippen LogP contribution < -0.4 is 4.90 Å². The standard InChI is InChI=1S/C62H45NS/c1-61(41-39-46(40-42-61)44-19-8-3-9-20-44)63(50-33-29-45(30-34-50)43-17-6-2-7-18-43)51-35-31-47(32-36-51)52-26-16-27-53-54-37-38-57-58(60(54)64-59(52)53)55-25-14-15-28-56(55)62(57,48-21-10-4-11-22-48)49-23-12-5-13-24-49/h2-41H,42H2,1H3. The summed E-state index contributed by atoms with van der Waals surface area (Å²) >= 11 is 1.94. The molecule has 1 unspecified atom stereocenters. The Morgan fingerprint density at radius 3 is 1.58 bits per heavy atom. The van der Waals surface area contributed by atoms with E-state index in [4.69, 9.17) is 0 Å². The first-order chi connectivity index (χ1) is 31.6. The summed E-state index contributed by atoms with van der Waals surface area (Å²) in [6, 6.07) is 82.7. The summed E-state index contributed by atoms with van der Waals surface area (Å²) in [7, 11) is 0. The van der Waals surface area contributed by atoms with Crippen molar-refractivity contribution in [1.82, 2.24) is 0 Å². The molecule has 2 aliphatic rings. The minimum Gasteiger partial charge on any atom is -0.332 e. The average Bonchev–Trinajstić information content (AvgIpc) is 3.90. The maximum Gasteiger partial charge on any atom is 0.0714 e. The van der Waals surface area contributed by atoms with Crippen LogP contribution in [0.2, 0.25) is 0 Å². The van der Waals surface area contributed by atoms with E-state index in [1.165, 1.54) is 92.6 Å². The second-order valence-electron chi connectivity index (χ2n) is 17.4. The van der Waals surface area contributed by atoms with Crippen molar-refractivity contribution in [3.8, 4) is 33.4 Å². The quantitative estimate of drug-likeness (QED) is 0.147. The Labute approximate surface area is 379 Å². The lowest BCUT2D eigenvalue weighted by Gasteiger charge is -2.42. The molecule has 12 rings (SSSR count). The minimum absolute atomic E-state index is 0.287. The highest BCUT2D eigenvalue weighted by Crippen LogP contribution is 2.59. The molecule has 0 amide bonds. The van der Waals surface area contributed by atoms with E-state index >= 15 is 0 Å². The molecule has 1 nitrogen and oxygen atoms in total. The molecule has 1 heterocycles. The fraction of sp³-hybridized carbons (Fsp3) is 0.0645. The van der Waals surface area contributed by atoms with Gasteiger partial charge in [-0.3, -0.25) is 0 Å². The third-order valence-corrected chi connectivity index (χ3v) is 15.0. The van der Waals surface area contributed by atoms with Crippen molar-refractivity contribution < 1.29 is 0 Å². The van der Waals surface area contributed by atoms with Crippen LogP contribution in [0.25, 0.3) is 59.1 Å². The SMILES string of the molecule is CC1(N(c2ccc(-c3ccccc3)cc2)c2ccc(-c3cccc4c3sc3c5c(ccc34)C(c3ccccc3)(c3ccccc3)c3ccccc3-5)cc2)C=CC(c2ccccc2)=CC1. The van der Waals surface area contributed by atoms with Crippen LogP contribution in [-0.4, -0.2) is 5.54 Å². The number of hydrogen-bond acceptors (Lipinski definition) is 2. The van der Waals surface area contributed by atoms with Crippen LogP contribution in [-0.2, 0) is 5.41 Å². The van der Waals surface area contributed by atoms with Crippen LogP contribution in [0.15, 0.2) is 243 Å². The van der Waals surface area contributed by atoms with E-state index in [0.717, 1.165) is 12.1 Å². The number of anilines is 2. The van der Waals surface area contributed by atoms with Gasteiger partial charge in [0, 0.05) is 37.1 Å². The number of allylic oxidation sites excluding steroid dienone is 2. The summed E-state index contributed by atoms with van der Waals surface area (Å²) in [6.07, 6.45) is 7.98. The molecule has 0 radical (unpaired) electrons. The van der Waals surface area contributed by atoms with Crippen molar-refractivity contribution in [2.75, 3.05) is 4.90 Å². The van der Waals surface area contributed by atoms with Gasteiger partial charge in [-0.1, -0.05) is 218 Å². The van der Waals surface area contributed by atoms with Gasteiger partial charge in [0.1, 0.15) is 0 Å². The molecule has 0 fully saturated rings. The summed E-state index contributed by atoms with van der Waals surface area (Å²) < 4.78 is 2.67. The third kappa shape index (κ3) is 6.05. The largest absolute Gasteiger partial charge is 0.332 e. The van der Waals surface area contributed by atoms with Crippen LogP contribution in [0.4, 0.5) is 11.4 Å². The van der Waals surface area contributed by atoms with E-state index < -0.39 is 5.41 Å². The monoisotopic (exact) mass is 835 g/mol. The summed E-state index contributed by atoms with van der Waals surface area (Å²) in [5, 5.41) is 2.62. The number of thiophene rings is 1. The number of fused-ring (bicyclic) bond motifs is 7. The van der Waals surface area contributed by atoms with Gasteiger partial charge in [0.25, 0.3) is 0 Å². The second kappa shape index (κ2) is 15.4. The highest BCUT2D eigenvalue weighted by atomic mass is 32.1. The molecule has 10 aromatic rings. The highest BCUT2D eigenvalue weighted by Gasteiger charge is 2.47. The average molecular weight is 836 g/mol. The van der Waals surface area contributed by atoms with E-state index in [9.17, 15) is 0 Å². The van der Waals surface area contributed by atoms with Crippen LogP contribution in [0, 0.1) is 0 Å². The van der Waals surface area contributed by atoms with E-state index in [2.05, 4.69) is 255 Å². The molecule has 2 aliphatic carbocycles. The molecule has 0 saturated heterocycles. The van der Waals surface area contributed by atoms with E-state index in [1.807, 2.05) is 11.3 Å². The number of benzene rings is 9. The molecule has 1 atom stereocenters. The Kier molecular flexibility index (Phi) is 9.17. The van der Waals surface area contributed by atoms with Crippen molar-refractivity contribution in [2.45, 2.75) is 24.3 Å². The molecular weight excluding hydrogens is 791 g/mol. The smallest absolute Gasteiger partial charge is 0.0714 e. The van der Waals surface area contributed by atoms with Crippen molar-refractivity contribution in [2.24, 2.45) is 0 Å². The predicted octanol–water partition coefficient (Wildman–Crippen LogP) is 16.7. The summed E-state index contributed by atoms with van der Waals surface area (Å²) in [5.74, 6) is 0. The van der Waals surface area contributed by atoms with E-state index in [0.29, 0.717) is 0 Å². The highest BCUT2D eigenvalue weighted by molar-refractivity contribution is 7.27. The normalized spacial score (nSPS) is 16.0.